The van der Waals surface area contributed by atoms with Crippen molar-refractivity contribution in [1.82, 2.24) is 5.32 Å². The maximum Gasteiger partial charge on any atom is 0.118 e. The highest BCUT2D eigenvalue weighted by molar-refractivity contribution is 5.28. The van der Waals surface area contributed by atoms with Crippen LogP contribution in [0, 0.1) is 0 Å². The average Bonchev–Trinajstić information content (AvgIpc) is 2.96. The Kier molecular flexibility index (Phi) is 5.67. The molecule has 2 atom stereocenters. The van der Waals surface area contributed by atoms with E-state index in [-0.39, 0.29) is 0 Å². The second-order valence-corrected chi connectivity index (χ2v) is 5.23. The Bertz CT molecular complexity index is 358. The van der Waals surface area contributed by atoms with Crippen molar-refractivity contribution >= 4 is 0 Å². The minimum absolute atomic E-state index is 0.385. The molecule has 19 heavy (non-hydrogen) atoms. The van der Waals surface area contributed by atoms with Crippen molar-refractivity contribution in [2.24, 2.45) is 0 Å². The summed E-state index contributed by atoms with van der Waals surface area (Å²) in [6.07, 6.45) is 5.36. The molecule has 1 saturated heterocycles. The Morgan fingerprint density at radius 1 is 1.37 bits per heavy atom. The van der Waals surface area contributed by atoms with Gasteiger partial charge in [0.15, 0.2) is 0 Å². The van der Waals surface area contributed by atoms with Crippen molar-refractivity contribution < 1.29 is 9.47 Å². The zero-order valence-corrected chi connectivity index (χ0v) is 12.0. The lowest BCUT2D eigenvalue weighted by Crippen LogP contribution is -2.21. The molecule has 106 valence electrons. The lowest BCUT2D eigenvalue weighted by molar-refractivity contribution is 0.102. The standard InChI is InChI=1S/C16H25NO2/c1-13(14-7-9-15(18-2)10-8-14)17-11-3-5-16-6-4-12-19-16/h7-10,13,16-17H,3-6,11-12H2,1-2H3. The van der Waals surface area contributed by atoms with Gasteiger partial charge >= 0.3 is 0 Å². The molecule has 3 nitrogen and oxygen atoms in total. The van der Waals surface area contributed by atoms with Crippen LogP contribution in [0.25, 0.3) is 0 Å². The molecule has 0 saturated carbocycles. The lowest BCUT2D eigenvalue weighted by atomic mass is 10.1. The molecule has 0 bridgehead atoms. The topological polar surface area (TPSA) is 30.5 Å². The predicted molar refractivity (Wildman–Crippen MR) is 77.6 cm³/mol. The Balaban J connectivity index is 1.66. The fourth-order valence-corrected chi connectivity index (χ4v) is 2.53. The van der Waals surface area contributed by atoms with E-state index in [0.717, 1.165) is 18.9 Å². The summed E-state index contributed by atoms with van der Waals surface area (Å²) in [5, 5.41) is 3.56. The van der Waals surface area contributed by atoms with Crippen LogP contribution in [0.4, 0.5) is 0 Å². The third-order valence-corrected chi connectivity index (χ3v) is 3.79. The molecule has 0 radical (unpaired) electrons. The first-order valence-electron chi connectivity index (χ1n) is 7.28. The van der Waals surface area contributed by atoms with E-state index in [1.807, 2.05) is 12.1 Å². The highest BCUT2D eigenvalue weighted by atomic mass is 16.5. The summed E-state index contributed by atoms with van der Waals surface area (Å²) in [7, 11) is 1.70. The van der Waals surface area contributed by atoms with Gasteiger partial charge in [-0.05, 0) is 56.8 Å². The fourth-order valence-electron chi connectivity index (χ4n) is 2.53. The fraction of sp³-hybridized carbons (Fsp3) is 0.625. The number of nitrogens with one attached hydrogen (secondary N) is 1. The van der Waals surface area contributed by atoms with Gasteiger partial charge in [-0.2, -0.15) is 0 Å². The van der Waals surface area contributed by atoms with E-state index < -0.39 is 0 Å². The molecule has 1 aromatic carbocycles. The minimum Gasteiger partial charge on any atom is -0.497 e. The molecule has 0 amide bonds. The van der Waals surface area contributed by atoms with Crippen LogP contribution in [0.3, 0.4) is 0 Å². The molecule has 1 N–H and O–H groups in total. The lowest BCUT2D eigenvalue weighted by Gasteiger charge is -2.15. The van der Waals surface area contributed by atoms with Crippen molar-refractivity contribution in [3.05, 3.63) is 29.8 Å². The van der Waals surface area contributed by atoms with Crippen molar-refractivity contribution in [1.29, 1.82) is 0 Å². The summed E-state index contributed by atoms with van der Waals surface area (Å²) in [6, 6.07) is 8.66. The second kappa shape index (κ2) is 7.51. The van der Waals surface area contributed by atoms with Crippen LogP contribution >= 0.6 is 0 Å². The van der Waals surface area contributed by atoms with E-state index in [9.17, 15) is 0 Å². The van der Waals surface area contributed by atoms with Crippen LogP contribution in [0.1, 0.15) is 44.2 Å². The molecular formula is C16H25NO2. The summed E-state index contributed by atoms with van der Waals surface area (Å²) in [5.74, 6) is 0.911. The Hall–Kier alpha value is -1.06. The van der Waals surface area contributed by atoms with Gasteiger partial charge in [0, 0.05) is 12.6 Å². The molecule has 0 spiro atoms. The molecule has 1 fully saturated rings. The van der Waals surface area contributed by atoms with Gasteiger partial charge in [0.05, 0.1) is 13.2 Å². The smallest absolute Gasteiger partial charge is 0.118 e. The Morgan fingerprint density at radius 3 is 2.79 bits per heavy atom. The minimum atomic E-state index is 0.385. The third-order valence-electron chi connectivity index (χ3n) is 3.79. The van der Waals surface area contributed by atoms with E-state index >= 15 is 0 Å². The second-order valence-electron chi connectivity index (χ2n) is 5.23. The first-order valence-corrected chi connectivity index (χ1v) is 7.28. The van der Waals surface area contributed by atoms with E-state index in [1.165, 1.54) is 31.2 Å². The highest BCUT2D eigenvalue weighted by Crippen LogP contribution is 2.18. The maximum atomic E-state index is 5.63. The van der Waals surface area contributed by atoms with Gasteiger partial charge < -0.3 is 14.8 Å². The van der Waals surface area contributed by atoms with Crippen LogP contribution in [0.5, 0.6) is 5.75 Å². The normalized spacial score (nSPS) is 20.4. The van der Waals surface area contributed by atoms with Crippen LogP contribution in [0.2, 0.25) is 0 Å². The Labute approximate surface area is 116 Å². The molecule has 0 aliphatic carbocycles. The number of rotatable bonds is 7. The quantitative estimate of drug-likeness (QED) is 0.766. The van der Waals surface area contributed by atoms with Crippen LogP contribution in [-0.4, -0.2) is 26.4 Å². The van der Waals surface area contributed by atoms with Gasteiger partial charge in [-0.25, -0.2) is 0 Å². The summed E-state index contributed by atoms with van der Waals surface area (Å²) in [5.41, 5.74) is 1.30. The third kappa shape index (κ3) is 4.51. The number of ether oxygens (including phenoxy) is 2. The first kappa shape index (κ1) is 14.4. The van der Waals surface area contributed by atoms with E-state index in [0.29, 0.717) is 12.1 Å². The van der Waals surface area contributed by atoms with Crippen LogP contribution < -0.4 is 10.1 Å². The number of methoxy groups -OCH3 is 1. The van der Waals surface area contributed by atoms with Crippen molar-refractivity contribution in [2.75, 3.05) is 20.3 Å². The monoisotopic (exact) mass is 263 g/mol. The van der Waals surface area contributed by atoms with E-state index in [2.05, 4.69) is 24.4 Å². The van der Waals surface area contributed by atoms with Gasteiger partial charge in [-0.15, -0.1) is 0 Å². The van der Waals surface area contributed by atoms with Gasteiger partial charge in [-0.3, -0.25) is 0 Å². The predicted octanol–water partition coefficient (Wildman–Crippen LogP) is 3.31. The van der Waals surface area contributed by atoms with E-state index in [4.69, 9.17) is 9.47 Å². The molecule has 0 aromatic heterocycles. The van der Waals surface area contributed by atoms with Crippen molar-refractivity contribution in [2.45, 2.75) is 44.8 Å². The molecule has 1 aliphatic heterocycles. The molecule has 1 heterocycles. The average molecular weight is 263 g/mol. The first-order chi connectivity index (χ1) is 9.29. The molecule has 3 heteroatoms. The van der Waals surface area contributed by atoms with E-state index in [1.54, 1.807) is 7.11 Å². The Morgan fingerprint density at radius 2 is 2.16 bits per heavy atom. The van der Waals surface area contributed by atoms with Crippen LogP contribution in [0.15, 0.2) is 24.3 Å². The summed E-state index contributed by atoms with van der Waals surface area (Å²) >= 11 is 0. The zero-order valence-electron chi connectivity index (χ0n) is 12.0. The van der Waals surface area contributed by atoms with Gasteiger partial charge in [0.25, 0.3) is 0 Å². The number of hydrogen-bond donors (Lipinski definition) is 1. The maximum absolute atomic E-state index is 5.63. The molecule has 1 aliphatic rings. The highest BCUT2D eigenvalue weighted by Gasteiger charge is 2.14. The number of hydrogen-bond acceptors (Lipinski definition) is 3. The molecule has 1 aromatic rings. The molecule has 2 rings (SSSR count). The van der Waals surface area contributed by atoms with Gasteiger partial charge in [0.1, 0.15) is 5.75 Å². The van der Waals surface area contributed by atoms with Gasteiger partial charge in [-0.1, -0.05) is 12.1 Å². The van der Waals surface area contributed by atoms with Gasteiger partial charge in [0.2, 0.25) is 0 Å². The SMILES string of the molecule is COc1ccc(C(C)NCCCC2CCCO2)cc1. The number of benzene rings is 1. The molecular weight excluding hydrogens is 238 g/mol. The van der Waals surface area contributed by atoms with Crippen molar-refractivity contribution in [3.63, 3.8) is 0 Å². The largest absolute Gasteiger partial charge is 0.497 e. The summed E-state index contributed by atoms with van der Waals surface area (Å²) in [4.78, 5) is 0. The zero-order chi connectivity index (χ0) is 13.5. The molecule has 2 unspecified atom stereocenters. The summed E-state index contributed by atoms with van der Waals surface area (Å²) < 4.78 is 10.8. The van der Waals surface area contributed by atoms with Crippen molar-refractivity contribution in [3.8, 4) is 5.75 Å². The van der Waals surface area contributed by atoms with Crippen LogP contribution in [-0.2, 0) is 4.74 Å². The summed E-state index contributed by atoms with van der Waals surface area (Å²) in [6.45, 7) is 4.21.